The summed E-state index contributed by atoms with van der Waals surface area (Å²) in [5.74, 6) is 1.09. The number of nitrogens with zero attached hydrogens (tertiary/aromatic N) is 2. The minimum Gasteiger partial charge on any atom is -0.342 e. The van der Waals surface area contributed by atoms with Crippen LogP contribution in [0.5, 0.6) is 0 Å². The zero-order chi connectivity index (χ0) is 17.6. The molecule has 2 aliphatic heterocycles. The summed E-state index contributed by atoms with van der Waals surface area (Å²) in [5, 5.41) is 3.39. The van der Waals surface area contributed by atoms with Gasteiger partial charge in [-0.05, 0) is 51.0 Å². The number of nitrogens with one attached hydrogen (secondary N) is 1. The molecule has 138 valence electrons. The lowest BCUT2D eigenvalue weighted by molar-refractivity contribution is -0.134. The summed E-state index contributed by atoms with van der Waals surface area (Å²) in [4.78, 5) is 17.0. The molecule has 1 N–H and O–H groups in total. The maximum atomic E-state index is 12.6. The summed E-state index contributed by atoms with van der Waals surface area (Å²) < 4.78 is 0. The van der Waals surface area contributed by atoms with Crippen molar-refractivity contribution in [3.63, 3.8) is 0 Å². The molecule has 0 saturated carbocycles. The largest absolute Gasteiger partial charge is 0.342 e. The molecule has 0 radical (unpaired) electrons. The van der Waals surface area contributed by atoms with Crippen LogP contribution in [0.1, 0.15) is 37.3 Å². The quantitative estimate of drug-likeness (QED) is 0.892. The number of piperazine rings is 1. The van der Waals surface area contributed by atoms with Crippen molar-refractivity contribution >= 4 is 5.91 Å². The molecule has 25 heavy (non-hydrogen) atoms. The van der Waals surface area contributed by atoms with Crippen LogP contribution >= 0.6 is 0 Å². The molecule has 0 spiro atoms. The van der Waals surface area contributed by atoms with Crippen LogP contribution in [0.15, 0.2) is 24.3 Å². The average molecular weight is 344 g/mol. The fourth-order valence-electron chi connectivity index (χ4n) is 3.99. The maximum Gasteiger partial charge on any atom is 0.236 e. The molecule has 1 aromatic carbocycles. The number of hydrogen-bond acceptors (Lipinski definition) is 3. The zero-order valence-corrected chi connectivity index (χ0v) is 15.8. The Bertz CT molecular complexity index is 549. The van der Waals surface area contributed by atoms with Gasteiger partial charge in [-0.15, -0.1) is 0 Å². The van der Waals surface area contributed by atoms with Crippen molar-refractivity contribution in [2.75, 3.05) is 39.3 Å². The van der Waals surface area contributed by atoms with Crippen LogP contribution in [-0.4, -0.2) is 61.0 Å². The third-order valence-electron chi connectivity index (χ3n) is 5.91. The highest BCUT2D eigenvalue weighted by Crippen LogP contribution is 2.23. The summed E-state index contributed by atoms with van der Waals surface area (Å²) in [7, 11) is 0. The molecule has 0 bridgehead atoms. The summed E-state index contributed by atoms with van der Waals surface area (Å²) in [5.41, 5.74) is 2.77. The number of aryl methyl sites for hydroxylation is 2. The van der Waals surface area contributed by atoms with E-state index in [4.69, 9.17) is 0 Å². The Labute approximate surface area is 152 Å². The fourth-order valence-corrected chi connectivity index (χ4v) is 3.99. The van der Waals surface area contributed by atoms with Crippen molar-refractivity contribution in [2.24, 2.45) is 5.92 Å². The fraction of sp³-hybridized carbons (Fsp3) is 0.667. The molecule has 0 aromatic heterocycles. The number of benzene rings is 1. The Balaban J connectivity index is 1.39. The predicted octanol–water partition coefficient (Wildman–Crippen LogP) is 2.46. The third kappa shape index (κ3) is 5.29. The summed E-state index contributed by atoms with van der Waals surface area (Å²) in [6.45, 7) is 9.80. The van der Waals surface area contributed by atoms with Gasteiger partial charge in [0.15, 0.2) is 0 Å². The highest BCUT2D eigenvalue weighted by molar-refractivity contribution is 5.78. The standard InChI is InChI=1S/C21H33N3O/c1-17-3-5-19(6-4-17)7-8-20-9-12-23(13-10-20)21(25)16-24-14-11-22-15-18(24)2/h3-6,18,20,22H,7-16H2,1-2H3/t18-/m1/s1. The molecule has 2 fully saturated rings. The molecule has 2 saturated heterocycles. The van der Waals surface area contributed by atoms with Crippen LogP contribution in [-0.2, 0) is 11.2 Å². The molecule has 1 atom stereocenters. The van der Waals surface area contributed by atoms with Gasteiger partial charge in [-0.2, -0.15) is 0 Å². The Morgan fingerprint density at radius 2 is 1.88 bits per heavy atom. The predicted molar refractivity (Wildman–Crippen MR) is 103 cm³/mol. The zero-order valence-electron chi connectivity index (χ0n) is 15.8. The van der Waals surface area contributed by atoms with Crippen molar-refractivity contribution in [2.45, 2.75) is 45.6 Å². The van der Waals surface area contributed by atoms with E-state index >= 15 is 0 Å². The van der Waals surface area contributed by atoms with Gasteiger partial charge in [0.25, 0.3) is 0 Å². The van der Waals surface area contributed by atoms with Crippen LogP contribution in [0.2, 0.25) is 0 Å². The molecule has 2 aliphatic rings. The molecular weight excluding hydrogens is 310 g/mol. The van der Waals surface area contributed by atoms with Gasteiger partial charge < -0.3 is 10.2 Å². The molecule has 4 heteroatoms. The number of carbonyl (C=O) groups excluding carboxylic acids is 1. The number of carbonyl (C=O) groups is 1. The highest BCUT2D eigenvalue weighted by Gasteiger charge is 2.26. The van der Waals surface area contributed by atoms with Crippen molar-refractivity contribution in [3.05, 3.63) is 35.4 Å². The van der Waals surface area contributed by atoms with E-state index < -0.39 is 0 Å². The topological polar surface area (TPSA) is 35.6 Å². The van der Waals surface area contributed by atoms with Crippen molar-refractivity contribution in [1.82, 2.24) is 15.1 Å². The van der Waals surface area contributed by atoms with E-state index in [1.165, 1.54) is 17.5 Å². The molecule has 3 rings (SSSR count). The summed E-state index contributed by atoms with van der Waals surface area (Å²) >= 11 is 0. The van der Waals surface area contributed by atoms with Crippen LogP contribution < -0.4 is 5.32 Å². The lowest BCUT2D eigenvalue weighted by Gasteiger charge is -2.37. The van der Waals surface area contributed by atoms with Gasteiger partial charge in [0.2, 0.25) is 5.91 Å². The van der Waals surface area contributed by atoms with Crippen molar-refractivity contribution < 1.29 is 4.79 Å². The van der Waals surface area contributed by atoms with E-state index in [1.54, 1.807) is 0 Å². The average Bonchev–Trinajstić information content (AvgIpc) is 2.63. The maximum absolute atomic E-state index is 12.6. The molecule has 1 amide bonds. The molecule has 1 aromatic rings. The Hall–Kier alpha value is -1.39. The van der Waals surface area contributed by atoms with E-state index in [2.05, 4.69) is 53.2 Å². The van der Waals surface area contributed by atoms with Crippen LogP contribution in [0.25, 0.3) is 0 Å². The minimum absolute atomic E-state index is 0.325. The van der Waals surface area contributed by atoms with Gasteiger partial charge in [-0.3, -0.25) is 9.69 Å². The van der Waals surface area contributed by atoms with E-state index in [1.807, 2.05) is 0 Å². The second-order valence-electron chi connectivity index (χ2n) is 7.87. The summed E-state index contributed by atoms with van der Waals surface area (Å²) in [6, 6.07) is 9.37. The number of hydrogen-bond donors (Lipinski definition) is 1. The first-order valence-electron chi connectivity index (χ1n) is 9.90. The second-order valence-corrected chi connectivity index (χ2v) is 7.87. The Kier molecular flexibility index (Phi) is 6.49. The van der Waals surface area contributed by atoms with Gasteiger partial charge in [0.1, 0.15) is 0 Å². The smallest absolute Gasteiger partial charge is 0.236 e. The highest BCUT2D eigenvalue weighted by atomic mass is 16.2. The SMILES string of the molecule is Cc1ccc(CCC2CCN(C(=O)CN3CCNC[C@H]3C)CC2)cc1. The van der Waals surface area contributed by atoms with Crippen LogP contribution in [0, 0.1) is 12.8 Å². The van der Waals surface area contributed by atoms with E-state index in [9.17, 15) is 4.79 Å². The van der Waals surface area contributed by atoms with Gasteiger partial charge in [0.05, 0.1) is 6.54 Å². The normalized spacial score (nSPS) is 23.0. The first kappa shape index (κ1) is 18.4. The molecule has 0 unspecified atom stereocenters. The number of rotatable bonds is 5. The molecular formula is C21H33N3O. The molecule has 4 nitrogen and oxygen atoms in total. The van der Waals surface area contributed by atoms with Crippen molar-refractivity contribution in [3.8, 4) is 0 Å². The molecule has 2 heterocycles. The van der Waals surface area contributed by atoms with Gasteiger partial charge in [-0.1, -0.05) is 29.8 Å². The first-order chi connectivity index (χ1) is 12.1. The van der Waals surface area contributed by atoms with E-state index in [0.717, 1.165) is 57.9 Å². The Morgan fingerprint density at radius 1 is 1.16 bits per heavy atom. The third-order valence-corrected chi connectivity index (χ3v) is 5.91. The molecule has 0 aliphatic carbocycles. The van der Waals surface area contributed by atoms with Crippen LogP contribution in [0.3, 0.4) is 0 Å². The number of piperidine rings is 1. The van der Waals surface area contributed by atoms with E-state index in [-0.39, 0.29) is 0 Å². The summed E-state index contributed by atoms with van der Waals surface area (Å²) in [6.07, 6.45) is 4.74. The first-order valence-corrected chi connectivity index (χ1v) is 9.90. The van der Waals surface area contributed by atoms with Gasteiger partial charge in [-0.25, -0.2) is 0 Å². The second kappa shape index (κ2) is 8.81. The lowest BCUT2D eigenvalue weighted by atomic mass is 9.90. The van der Waals surface area contributed by atoms with Crippen molar-refractivity contribution in [1.29, 1.82) is 0 Å². The van der Waals surface area contributed by atoms with Gasteiger partial charge >= 0.3 is 0 Å². The minimum atomic E-state index is 0.325. The van der Waals surface area contributed by atoms with Gasteiger partial charge in [0, 0.05) is 38.8 Å². The van der Waals surface area contributed by atoms with Crippen LogP contribution in [0.4, 0.5) is 0 Å². The number of amides is 1. The Morgan fingerprint density at radius 3 is 2.56 bits per heavy atom. The van der Waals surface area contributed by atoms with E-state index in [0.29, 0.717) is 18.5 Å². The number of likely N-dealkylation sites (tertiary alicyclic amines) is 1. The lowest BCUT2D eigenvalue weighted by Crippen LogP contribution is -2.53. The monoisotopic (exact) mass is 343 g/mol.